The van der Waals surface area contributed by atoms with Crippen LogP contribution in [0.2, 0.25) is 0 Å². The maximum absolute atomic E-state index is 12.2. The molecule has 0 bridgehead atoms. The highest BCUT2D eigenvalue weighted by Gasteiger charge is 2.07. The van der Waals surface area contributed by atoms with Gasteiger partial charge in [-0.05, 0) is 49.1 Å². The molecule has 0 atom stereocenters. The highest BCUT2D eigenvalue weighted by Crippen LogP contribution is 2.19. The molecule has 5 nitrogen and oxygen atoms in total. The lowest BCUT2D eigenvalue weighted by Crippen LogP contribution is -2.23. The average molecular weight is 368 g/mol. The van der Waals surface area contributed by atoms with Crippen molar-refractivity contribution in [2.75, 3.05) is 11.9 Å². The van der Waals surface area contributed by atoms with Crippen LogP contribution in [0.15, 0.2) is 48.5 Å². The standard InChI is InChI=1S/C22H28N2O3/c1-3-8-22(26)24-19-11-7-9-17(15-19)16-23-21(25)14-13-18-10-5-6-12-20(18)27-4-2/h5-7,9-12,15H,3-4,8,13-14,16H2,1-2H3,(H,23,25)(H,24,26). The monoisotopic (exact) mass is 368 g/mol. The van der Waals surface area contributed by atoms with Crippen molar-refractivity contribution in [2.45, 2.75) is 46.1 Å². The Morgan fingerprint density at radius 3 is 2.56 bits per heavy atom. The van der Waals surface area contributed by atoms with E-state index in [4.69, 9.17) is 4.74 Å². The van der Waals surface area contributed by atoms with Crippen LogP contribution < -0.4 is 15.4 Å². The number of carbonyl (C=O) groups is 2. The van der Waals surface area contributed by atoms with E-state index >= 15 is 0 Å². The second kappa shape index (κ2) is 11.0. The van der Waals surface area contributed by atoms with Gasteiger partial charge >= 0.3 is 0 Å². The predicted molar refractivity (Wildman–Crippen MR) is 108 cm³/mol. The number of carbonyl (C=O) groups excluding carboxylic acids is 2. The minimum atomic E-state index is -0.0123. The Kier molecular flexibility index (Phi) is 8.36. The van der Waals surface area contributed by atoms with Crippen LogP contribution in [0.3, 0.4) is 0 Å². The van der Waals surface area contributed by atoms with Gasteiger partial charge < -0.3 is 15.4 Å². The maximum atomic E-state index is 12.2. The van der Waals surface area contributed by atoms with Crippen molar-refractivity contribution >= 4 is 17.5 Å². The largest absolute Gasteiger partial charge is 0.494 e. The topological polar surface area (TPSA) is 67.4 Å². The molecule has 2 aromatic rings. The van der Waals surface area contributed by atoms with E-state index in [9.17, 15) is 9.59 Å². The number of nitrogens with one attached hydrogen (secondary N) is 2. The number of anilines is 1. The van der Waals surface area contributed by atoms with E-state index in [0.29, 0.717) is 32.4 Å². The van der Waals surface area contributed by atoms with Crippen molar-refractivity contribution in [1.29, 1.82) is 0 Å². The summed E-state index contributed by atoms with van der Waals surface area (Å²) in [4.78, 5) is 23.9. The lowest BCUT2D eigenvalue weighted by atomic mass is 10.1. The summed E-state index contributed by atoms with van der Waals surface area (Å²) in [5.41, 5.74) is 2.74. The molecule has 2 aromatic carbocycles. The van der Waals surface area contributed by atoms with Gasteiger partial charge in [-0.2, -0.15) is 0 Å². The molecule has 2 amide bonds. The number of hydrogen-bond acceptors (Lipinski definition) is 3. The third-order valence-electron chi connectivity index (χ3n) is 4.07. The van der Waals surface area contributed by atoms with E-state index < -0.39 is 0 Å². The molecule has 2 rings (SSSR count). The zero-order valence-electron chi connectivity index (χ0n) is 16.1. The van der Waals surface area contributed by atoms with Gasteiger partial charge in [0.15, 0.2) is 0 Å². The Morgan fingerprint density at radius 1 is 0.963 bits per heavy atom. The van der Waals surface area contributed by atoms with E-state index in [1.165, 1.54) is 0 Å². The lowest BCUT2D eigenvalue weighted by molar-refractivity contribution is -0.121. The number of hydrogen-bond donors (Lipinski definition) is 2. The van der Waals surface area contributed by atoms with Crippen molar-refractivity contribution < 1.29 is 14.3 Å². The summed E-state index contributed by atoms with van der Waals surface area (Å²) in [6.45, 7) is 4.96. The van der Waals surface area contributed by atoms with Gasteiger partial charge in [-0.25, -0.2) is 0 Å². The van der Waals surface area contributed by atoms with Gasteiger partial charge in [-0.1, -0.05) is 37.3 Å². The Labute approximate surface area is 161 Å². The second-order valence-electron chi connectivity index (χ2n) is 6.32. The fourth-order valence-electron chi connectivity index (χ4n) is 2.75. The summed E-state index contributed by atoms with van der Waals surface area (Å²) in [5.74, 6) is 0.830. The average Bonchev–Trinajstić information content (AvgIpc) is 2.66. The van der Waals surface area contributed by atoms with Crippen molar-refractivity contribution in [1.82, 2.24) is 5.32 Å². The molecule has 0 unspecified atom stereocenters. The molecular formula is C22H28N2O3. The minimum Gasteiger partial charge on any atom is -0.494 e. The molecule has 0 aliphatic heterocycles. The molecule has 0 aliphatic rings. The molecule has 0 spiro atoms. The van der Waals surface area contributed by atoms with Crippen LogP contribution in [0.1, 0.15) is 44.2 Å². The fraction of sp³-hybridized carbons (Fsp3) is 0.364. The minimum absolute atomic E-state index is 0.00616. The van der Waals surface area contributed by atoms with Crippen LogP contribution in [0, 0.1) is 0 Å². The highest BCUT2D eigenvalue weighted by atomic mass is 16.5. The summed E-state index contributed by atoms with van der Waals surface area (Å²) in [6, 6.07) is 15.3. The smallest absolute Gasteiger partial charge is 0.224 e. The van der Waals surface area contributed by atoms with Crippen molar-refractivity contribution in [2.24, 2.45) is 0 Å². The van der Waals surface area contributed by atoms with Crippen LogP contribution in [0.4, 0.5) is 5.69 Å². The van der Waals surface area contributed by atoms with E-state index in [-0.39, 0.29) is 11.8 Å². The molecule has 2 N–H and O–H groups in total. The summed E-state index contributed by atoms with van der Waals surface area (Å²) in [6.07, 6.45) is 2.35. The first-order chi connectivity index (χ1) is 13.1. The molecule has 0 aromatic heterocycles. The van der Waals surface area contributed by atoms with Crippen molar-refractivity contribution in [3.63, 3.8) is 0 Å². The molecule has 5 heteroatoms. The lowest BCUT2D eigenvalue weighted by Gasteiger charge is -2.11. The van der Waals surface area contributed by atoms with Crippen molar-refractivity contribution in [3.8, 4) is 5.75 Å². The van der Waals surface area contributed by atoms with E-state index in [2.05, 4.69) is 10.6 Å². The number of ether oxygens (including phenoxy) is 1. The molecule has 0 aliphatic carbocycles. The van der Waals surface area contributed by atoms with E-state index in [1.54, 1.807) is 0 Å². The molecule has 0 saturated carbocycles. The fourth-order valence-corrected chi connectivity index (χ4v) is 2.75. The van der Waals surface area contributed by atoms with E-state index in [0.717, 1.165) is 29.0 Å². The third kappa shape index (κ3) is 7.13. The molecule has 144 valence electrons. The van der Waals surface area contributed by atoms with Crippen LogP contribution >= 0.6 is 0 Å². The first kappa shape index (κ1) is 20.5. The molecule has 27 heavy (non-hydrogen) atoms. The number of para-hydroxylation sites is 1. The van der Waals surface area contributed by atoms with Crippen molar-refractivity contribution in [3.05, 3.63) is 59.7 Å². The summed E-state index contributed by atoms with van der Waals surface area (Å²) >= 11 is 0. The zero-order valence-corrected chi connectivity index (χ0v) is 16.1. The Bertz CT molecular complexity index is 759. The van der Waals surface area contributed by atoms with Crippen LogP contribution in [-0.2, 0) is 22.6 Å². The molecule has 0 radical (unpaired) electrons. The van der Waals surface area contributed by atoms with Gasteiger partial charge in [0.25, 0.3) is 0 Å². The Balaban J connectivity index is 1.83. The van der Waals surface area contributed by atoms with Gasteiger partial charge in [0, 0.05) is 25.1 Å². The number of aryl methyl sites for hydroxylation is 1. The predicted octanol–water partition coefficient (Wildman–Crippen LogP) is 4.07. The van der Waals surface area contributed by atoms with Crippen LogP contribution in [-0.4, -0.2) is 18.4 Å². The Morgan fingerprint density at radius 2 is 1.78 bits per heavy atom. The maximum Gasteiger partial charge on any atom is 0.224 e. The van der Waals surface area contributed by atoms with Gasteiger partial charge in [-0.15, -0.1) is 0 Å². The molecule has 0 heterocycles. The summed E-state index contributed by atoms with van der Waals surface area (Å²) < 4.78 is 5.59. The quantitative estimate of drug-likeness (QED) is 0.664. The van der Waals surface area contributed by atoms with Gasteiger partial charge in [-0.3, -0.25) is 9.59 Å². The first-order valence-electron chi connectivity index (χ1n) is 9.48. The third-order valence-corrected chi connectivity index (χ3v) is 4.07. The SMILES string of the molecule is CCCC(=O)Nc1cccc(CNC(=O)CCc2ccccc2OCC)c1. The molecular weight excluding hydrogens is 340 g/mol. The Hall–Kier alpha value is -2.82. The first-order valence-corrected chi connectivity index (χ1v) is 9.48. The van der Waals surface area contributed by atoms with Crippen LogP contribution in [0.25, 0.3) is 0 Å². The summed E-state index contributed by atoms with van der Waals surface area (Å²) in [7, 11) is 0. The van der Waals surface area contributed by atoms with Gasteiger partial charge in [0.05, 0.1) is 6.61 Å². The molecule has 0 saturated heterocycles. The summed E-state index contributed by atoms with van der Waals surface area (Å²) in [5, 5.41) is 5.80. The van der Waals surface area contributed by atoms with E-state index in [1.807, 2.05) is 62.4 Å². The normalized spacial score (nSPS) is 10.3. The second-order valence-corrected chi connectivity index (χ2v) is 6.32. The van der Waals surface area contributed by atoms with Gasteiger partial charge in [0.2, 0.25) is 11.8 Å². The number of amides is 2. The highest BCUT2D eigenvalue weighted by molar-refractivity contribution is 5.90. The van der Waals surface area contributed by atoms with Crippen LogP contribution in [0.5, 0.6) is 5.75 Å². The number of benzene rings is 2. The number of rotatable bonds is 10. The zero-order chi connectivity index (χ0) is 19.5. The van der Waals surface area contributed by atoms with Gasteiger partial charge in [0.1, 0.15) is 5.75 Å². The molecule has 0 fully saturated rings.